The number of hydrogen-bond donors (Lipinski definition) is 1. The molecule has 0 aliphatic heterocycles. The summed E-state index contributed by atoms with van der Waals surface area (Å²) in [5.41, 5.74) is 0. The van der Waals surface area contributed by atoms with Crippen molar-refractivity contribution < 1.29 is 13.2 Å². The molecule has 2 rings (SSSR count). The summed E-state index contributed by atoms with van der Waals surface area (Å²) < 4.78 is 33.3. The average molecular weight is 318 g/mol. The molecule has 1 aliphatic carbocycles. The molecule has 1 saturated carbocycles. The molecule has 0 radical (unpaired) electrons. The molecule has 1 heterocycles. The van der Waals surface area contributed by atoms with E-state index in [9.17, 15) is 8.42 Å². The summed E-state index contributed by atoms with van der Waals surface area (Å²) >= 11 is 1.19. The van der Waals surface area contributed by atoms with Gasteiger partial charge in [0.2, 0.25) is 0 Å². The molecule has 2 unspecified atom stereocenters. The van der Waals surface area contributed by atoms with E-state index in [0.717, 1.165) is 25.7 Å². The summed E-state index contributed by atoms with van der Waals surface area (Å²) in [6.45, 7) is 0. The molecule has 1 aromatic heterocycles. The van der Waals surface area contributed by atoms with Crippen LogP contribution in [-0.2, 0) is 10.0 Å². The predicted molar refractivity (Wildman–Crippen MR) is 80.9 cm³/mol. The van der Waals surface area contributed by atoms with Crippen molar-refractivity contribution in [3.8, 4) is 5.75 Å². The molecule has 0 aromatic carbocycles. The van der Waals surface area contributed by atoms with E-state index < -0.39 is 10.0 Å². The third-order valence-corrected chi connectivity index (χ3v) is 6.70. The van der Waals surface area contributed by atoms with Crippen LogP contribution in [0.3, 0.4) is 0 Å². The van der Waals surface area contributed by atoms with Gasteiger partial charge in [-0.25, -0.2) is 13.1 Å². The van der Waals surface area contributed by atoms with Crippen LogP contribution >= 0.6 is 11.3 Å². The van der Waals surface area contributed by atoms with Crippen LogP contribution in [0.1, 0.15) is 25.7 Å². The molecular formula is C13H22N2O3S2. The van der Waals surface area contributed by atoms with Crippen LogP contribution in [-0.4, -0.2) is 46.6 Å². The number of nitrogens with zero attached hydrogens (tertiary/aromatic N) is 1. The number of ether oxygens (including phenoxy) is 1. The first-order chi connectivity index (χ1) is 9.45. The number of hydrogen-bond acceptors (Lipinski definition) is 5. The Balaban J connectivity index is 2.19. The van der Waals surface area contributed by atoms with Gasteiger partial charge in [-0.3, -0.25) is 0 Å². The second kappa shape index (κ2) is 6.43. The van der Waals surface area contributed by atoms with Crippen LogP contribution in [0.25, 0.3) is 0 Å². The molecule has 0 saturated heterocycles. The highest BCUT2D eigenvalue weighted by molar-refractivity contribution is 7.91. The van der Waals surface area contributed by atoms with Crippen LogP contribution in [0, 0.1) is 0 Å². The topological polar surface area (TPSA) is 58.6 Å². The minimum Gasteiger partial charge on any atom is -0.494 e. The fourth-order valence-corrected chi connectivity index (χ4v) is 5.35. The van der Waals surface area contributed by atoms with Gasteiger partial charge in [0.05, 0.1) is 7.11 Å². The zero-order valence-electron chi connectivity index (χ0n) is 12.1. The molecule has 1 aromatic rings. The van der Waals surface area contributed by atoms with Gasteiger partial charge in [-0.1, -0.05) is 12.8 Å². The van der Waals surface area contributed by atoms with Crippen molar-refractivity contribution in [3.05, 3.63) is 11.4 Å². The highest BCUT2D eigenvalue weighted by Crippen LogP contribution is 2.31. The average Bonchev–Trinajstić information content (AvgIpc) is 2.87. The molecule has 1 N–H and O–H groups in total. The van der Waals surface area contributed by atoms with Gasteiger partial charge in [-0.05, 0) is 38.4 Å². The van der Waals surface area contributed by atoms with Crippen molar-refractivity contribution in [2.24, 2.45) is 0 Å². The van der Waals surface area contributed by atoms with E-state index in [1.807, 2.05) is 14.1 Å². The molecule has 114 valence electrons. The van der Waals surface area contributed by atoms with Crippen LogP contribution in [0.15, 0.2) is 15.7 Å². The Morgan fingerprint density at radius 1 is 1.35 bits per heavy atom. The summed E-state index contributed by atoms with van der Waals surface area (Å²) in [6, 6.07) is 1.91. The fraction of sp³-hybridized carbons (Fsp3) is 0.692. The van der Waals surface area contributed by atoms with Crippen molar-refractivity contribution in [2.75, 3.05) is 21.2 Å². The highest BCUT2D eigenvalue weighted by Gasteiger charge is 2.32. The number of rotatable bonds is 5. The van der Waals surface area contributed by atoms with Crippen LogP contribution in [0.5, 0.6) is 5.75 Å². The first-order valence-corrected chi connectivity index (χ1v) is 9.12. The summed E-state index contributed by atoms with van der Waals surface area (Å²) in [5, 5.41) is 1.73. The largest absolute Gasteiger partial charge is 0.494 e. The number of thiophene rings is 1. The van der Waals surface area contributed by atoms with E-state index in [-0.39, 0.29) is 16.3 Å². The molecule has 5 nitrogen and oxygen atoms in total. The monoisotopic (exact) mass is 318 g/mol. The molecule has 1 aliphatic rings. The van der Waals surface area contributed by atoms with Gasteiger partial charge in [0.25, 0.3) is 10.0 Å². The van der Waals surface area contributed by atoms with Gasteiger partial charge in [0.15, 0.2) is 4.21 Å². The summed E-state index contributed by atoms with van der Waals surface area (Å²) in [7, 11) is 1.99. The first kappa shape index (κ1) is 15.8. The normalized spacial score (nSPS) is 24.0. The van der Waals surface area contributed by atoms with E-state index >= 15 is 0 Å². The maximum atomic E-state index is 12.5. The van der Waals surface area contributed by atoms with Gasteiger partial charge in [0.1, 0.15) is 5.75 Å². The Morgan fingerprint density at radius 2 is 2.05 bits per heavy atom. The Hall–Kier alpha value is -0.630. The molecular weight excluding hydrogens is 296 g/mol. The van der Waals surface area contributed by atoms with Gasteiger partial charge in [-0.2, -0.15) is 0 Å². The van der Waals surface area contributed by atoms with Crippen LogP contribution in [0.2, 0.25) is 0 Å². The van der Waals surface area contributed by atoms with Gasteiger partial charge in [-0.15, -0.1) is 11.3 Å². The minimum atomic E-state index is -3.51. The fourth-order valence-electron chi connectivity index (χ4n) is 2.75. The van der Waals surface area contributed by atoms with Crippen molar-refractivity contribution in [3.63, 3.8) is 0 Å². The Labute approximate surface area is 125 Å². The molecule has 1 fully saturated rings. The summed E-state index contributed by atoms with van der Waals surface area (Å²) in [5.74, 6) is 0.416. The number of nitrogens with one attached hydrogen (secondary N) is 1. The molecule has 0 amide bonds. The standard InChI is InChI=1S/C13H22N2O3S2/c1-15(2)11-7-5-4-6-10(11)14-20(16,17)13-12(18-3)8-9-19-13/h8-11,14H,4-7H2,1-3H3. The number of sulfonamides is 1. The van der Waals surface area contributed by atoms with Crippen LogP contribution < -0.4 is 9.46 Å². The summed E-state index contributed by atoms with van der Waals surface area (Å²) in [6.07, 6.45) is 4.14. The molecule has 20 heavy (non-hydrogen) atoms. The molecule has 0 bridgehead atoms. The second-order valence-corrected chi connectivity index (χ2v) is 8.14. The van der Waals surface area contributed by atoms with Crippen LogP contribution in [0.4, 0.5) is 0 Å². The van der Waals surface area contributed by atoms with E-state index in [4.69, 9.17) is 4.74 Å². The van der Waals surface area contributed by atoms with E-state index in [1.165, 1.54) is 18.4 Å². The van der Waals surface area contributed by atoms with Gasteiger partial charge in [0, 0.05) is 12.1 Å². The second-order valence-electron chi connectivity index (χ2n) is 5.32. The third kappa shape index (κ3) is 3.33. The predicted octanol–water partition coefficient (Wildman–Crippen LogP) is 1.91. The molecule has 2 atom stereocenters. The Morgan fingerprint density at radius 3 is 2.70 bits per heavy atom. The van der Waals surface area contributed by atoms with Gasteiger partial charge < -0.3 is 9.64 Å². The number of methoxy groups -OCH3 is 1. The lowest BCUT2D eigenvalue weighted by Crippen LogP contribution is -2.50. The van der Waals surface area contributed by atoms with Crippen molar-refractivity contribution in [1.29, 1.82) is 0 Å². The lowest BCUT2D eigenvalue weighted by atomic mass is 9.90. The van der Waals surface area contributed by atoms with Gasteiger partial charge >= 0.3 is 0 Å². The third-order valence-electron chi connectivity index (χ3n) is 3.76. The maximum Gasteiger partial charge on any atom is 0.254 e. The van der Waals surface area contributed by atoms with E-state index in [1.54, 1.807) is 11.4 Å². The van der Waals surface area contributed by atoms with Crippen molar-refractivity contribution in [1.82, 2.24) is 9.62 Å². The van der Waals surface area contributed by atoms with Crippen molar-refractivity contribution in [2.45, 2.75) is 42.0 Å². The molecule has 0 spiro atoms. The Kier molecular flexibility index (Phi) is 5.06. The van der Waals surface area contributed by atoms with Crippen molar-refractivity contribution >= 4 is 21.4 Å². The lowest BCUT2D eigenvalue weighted by Gasteiger charge is -2.36. The Bertz CT molecular complexity index is 540. The quantitative estimate of drug-likeness (QED) is 0.901. The zero-order valence-corrected chi connectivity index (χ0v) is 13.8. The smallest absolute Gasteiger partial charge is 0.254 e. The lowest BCUT2D eigenvalue weighted by molar-refractivity contribution is 0.191. The summed E-state index contributed by atoms with van der Waals surface area (Å²) in [4.78, 5) is 2.11. The zero-order chi connectivity index (χ0) is 14.8. The first-order valence-electron chi connectivity index (χ1n) is 6.76. The minimum absolute atomic E-state index is 0.0319. The molecule has 7 heteroatoms. The SMILES string of the molecule is COc1ccsc1S(=O)(=O)NC1CCCCC1N(C)C. The van der Waals surface area contributed by atoms with E-state index in [2.05, 4.69) is 9.62 Å². The highest BCUT2D eigenvalue weighted by atomic mass is 32.2. The maximum absolute atomic E-state index is 12.5. The number of likely N-dealkylation sites (N-methyl/N-ethyl adjacent to an activating group) is 1. The van der Waals surface area contributed by atoms with E-state index in [0.29, 0.717) is 5.75 Å².